The van der Waals surface area contributed by atoms with Crippen LogP contribution in [0.1, 0.15) is 23.3 Å². The molecule has 6 nitrogen and oxygen atoms in total. The van der Waals surface area contributed by atoms with Gasteiger partial charge in [0.15, 0.2) is 5.13 Å². The van der Waals surface area contributed by atoms with E-state index >= 15 is 0 Å². The van der Waals surface area contributed by atoms with Gasteiger partial charge in [0.05, 0.1) is 0 Å². The van der Waals surface area contributed by atoms with E-state index in [2.05, 4.69) is 15.6 Å². The van der Waals surface area contributed by atoms with Gasteiger partial charge in [0.2, 0.25) is 5.91 Å². The number of nitrogen functional groups attached to an aromatic ring is 1. The van der Waals surface area contributed by atoms with Gasteiger partial charge in [-0.15, -0.1) is 11.3 Å². The maximum Gasteiger partial charge on any atom is 0.275 e. The van der Waals surface area contributed by atoms with E-state index in [9.17, 15) is 9.59 Å². The normalized spacial score (nSPS) is 13.7. The summed E-state index contributed by atoms with van der Waals surface area (Å²) in [5, 5.41) is 7.52. The number of benzene rings is 1. The third-order valence-electron chi connectivity index (χ3n) is 3.09. The number of hydrogen-bond acceptors (Lipinski definition) is 5. The molecular weight excluding hydrogens is 288 g/mol. The highest BCUT2D eigenvalue weighted by Gasteiger charge is 2.29. The van der Waals surface area contributed by atoms with Crippen LogP contribution in [0.2, 0.25) is 0 Å². The van der Waals surface area contributed by atoms with Crippen LogP contribution < -0.4 is 16.4 Å². The van der Waals surface area contributed by atoms with Crippen LogP contribution >= 0.6 is 11.3 Å². The van der Waals surface area contributed by atoms with Crippen molar-refractivity contribution in [1.82, 2.24) is 4.98 Å². The first-order valence-electron chi connectivity index (χ1n) is 6.55. The number of rotatable bonds is 4. The van der Waals surface area contributed by atoms with Gasteiger partial charge < -0.3 is 16.4 Å². The van der Waals surface area contributed by atoms with Crippen LogP contribution in [0, 0.1) is 5.92 Å². The molecule has 0 saturated heterocycles. The Morgan fingerprint density at radius 3 is 2.57 bits per heavy atom. The number of nitrogens with one attached hydrogen (secondary N) is 2. The first-order chi connectivity index (χ1) is 10.1. The van der Waals surface area contributed by atoms with Crippen LogP contribution in [0.25, 0.3) is 0 Å². The van der Waals surface area contributed by atoms with E-state index in [-0.39, 0.29) is 23.4 Å². The van der Waals surface area contributed by atoms with Crippen molar-refractivity contribution in [2.75, 3.05) is 16.4 Å². The number of carbonyl (C=O) groups is 2. The Kier molecular flexibility index (Phi) is 3.57. The second kappa shape index (κ2) is 5.53. The Morgan fingerprint density at radius 2 is 1.95 bits per heavy atom. The Morgan fingerprint density at radius 1 is 1.24 bits per heavy atom. The molecule has 108 valence electrons. The number of aromatic nitrogens is 1. The van der Waals surface area contributed by atoms with E-state index in [4.69, 9.17) is 5.73 Å². The summed E-state index contributed by atoms with van der Waals surface area (Å²) in [4.78, 5) is 27.6. The zero-order valence-corrected chi connectivity index (χ0v) is 11.9. The van der Waals surface area contributed by atoms with E-state index in [0.717, 1.165) is 12.8 Å². The monoisotopic (exact) mass is 302 g/mol. The van der Waals surface area contributed by atoms with Crippen LogP contribution in [0.4, 0.5) is 16.5 Å². The van der Waals surface area contributed by atoms with Crippen LogP contribution in [0.5, 0.6) is 0 Å². The SMILES string of the molecule is Nc1nc(C(=O)Nc2cccc(NC(=O)C3CC3)c2)cs1. The third kappa shape index (κ3) is 3.38. The summed E-state index contributed by atoms with van der Waals surface area (Å²) in [6.07, 6.45) is 1.90. The molecule has 7 heteroatoms. The predicted octanol–water partition coefficient (Wildman–Crippen LogP) is 2.33. The van der Waals surface area contributed by atoms with Crippen molar-refractivity contribution in [3.05, 3.63) is 35.3 Å². The zero-order valence-electron chi connectivity index (χ0n) is 11.1. The van der Waals surface area contributed by atoms with Crippen LogP contribution in [-0.4, -0.2) is 16.8 Å². The lowest BCUT2D eigenvalue weighted by Gasteiger charge is -2.07. The first-order valence-corrected chi connectivity index (χ1v) is 7.43. The quantitative estimate of drug-likeness (QED) is 0.807. The van der Waals surface area contributed by atoms with Gasteiger partial charge in [-0.2, -0.15) is 0 Å². The minimum absolute atomic E-state index is 0.0331. The van der Waals surface area contributed by atoms with Gasteiger partial charge in [0.1, 0.15) is 5.69 Å². The topological polar surface area (TPSA) is 97.1 Å². The van der Waals surface area contributed by atoms with E-state index in [1.165, 1.54) is 11.3 Å². The number of nitrogens with zero attached hydrogens (tertiary/aromatic N) is 1. The minimum atomic E-state index is -0.325. The molecule has 4 N–H and O–H groups in total. The van der Waals surface area contributed by atoms with Crippen molar-refractivity contribution in [3.63, 3.8) is 0 Å². The zero-order chi connectivity index (χ0) is 14.8. The summed E-state index contributed by atoms with van der Waals surface area (Å²) in [7, 11) is 0. The van der Waals surface area contributed by atoms with Gasteiger partial charge in [-0.3, -0.25) is 9.59 Å². The second-order valence-corrected chi connectivity index (χ2v) is 5.76. The molecule has 0 unspecified atom stereocenters. The Hall–Kier alpha value is -2.41. The molecule has 2 aromatic rings. The number of thiazole rings is 1. The smallest absolute Gasteiger partial charge is 0.275 e. The van der Waals surface area contributed by atoms with E-state index < -0.39 is 0 Å². The van der Waals surface area contributed by atoms with Crippen molar-refractivity contribution >= 4 is 39.7 Å². The van der Waals surface area contributed by atoms with Crippen molar-refractivity contribution in [2.45, 2.75) is 12.8 Å². The molecular formula is C14H14N4O2S. The van der Waals surface area contributed by atoms with Crippen LogP contribution in [0.3, 0.4) is 0 Å². The lowest BCUT2D eigenvalue weighted by atomic mass is 10.2. The summed E-state index contributed by atoms with van der Waals surface area (Å²) >= 11 is 1.21. The van der Waals surface area contributed by atoms with E-state index in [1.54, 1.807) is 29.6 Å². The van der Waals surface area contributed by atoms with Gasteiger partial charge in [-0.05, 0) is 31.0 Å². The van der Waals surface area contributed by atoms with Crippen LogP contribution in [-0.2, 0) is 4.79 Å². The third-order valence-corrected chi connectivity index (χ3v) is 3.76. The maximum absolute atomic E-state index is 12.0. The molecule has 0 atom stereocenters. The highest BCUT2D eigenvalue weighted by Crippen LogP contribution is 2.30. The van der Waals surface area contributed by atoms with Crippen LogP contribution in [0.15, 0.2) is 29.6 Å². The molecule has 1 fully saturated rings. The molecule has 1 saturated carbocycles. The summed E-state index contributed by atoms with van der Waals surface area (Å²) in [5.41, 5.74) is 7.05. The average Bonchev–Trinajstić information content (AvgIpc) is 3.21. The molecule has 1 aliphatic rings. The van der Waals surface area contributed by atoms with Crippen molar-refractivity contribution in [1.29, 1.82) is 0 Å². The lowest BCUT2D eigenvalue weighted by Crippen LogP contribution is -2.15. The van der Waals surface area contributed by atoms with Gasteiger partial charge in [0, 0.05) is 22.7 Å². The predicted molar refractivity (Wildman–Crippen MR) is 82.3 cm³/mol. The molecule has 0 spiro atoms. The molecule has 1 aromatic heterocycles. The summed E-state index contributed by atoms with van der Waals surface area (Å²) < 4.78 is 0. The van der Waals surface area contributed by atoms with Crippen molar-refractivity contribution < 1.29 is 9.59 Å². The standard InChI is InChI=1S/C14H14N4O2S/c15-14-18-11(7-21-14)13(20)17-10-3-1-2-9(6-10)16-12(19)8-4-5-8/h1-3,6-8H,4-5H2,(H2,15,18)(H,16,19)(H,17,20). The molecule has 0 radical (unpaired) electrons. The minimum Gasteiger partial charge on any atom is -0.375 e. The second-order valence-electron chi connectivity index (χ2n) is 4.87. The highest BCUT2D eigenvalue weighted by molar-refractivity contribution is 7.13. The lowest BCUT2D eigenvalue weighted by molar-refractivity contribution is -0.117. The van der Waals surface area contributed by atoms with E-state index in [0.29, 0.717) is 16.5 Å². The number of carbonyl (C=O) groups excluding carboxylic acids is 2. The highest BCUT2D eigenvalue weighted by atomic mass is 32.1. The van der Waals surface area contributed by atoms with Gasteiger partial charge >= 0.3 is 0 Å². The fraction of sp³-hybridized carbons (Fsp3) is 0.214. The molecule has 1 aliphatic carbocycles. The fourth-order valence-corrected chi connectivity index (χ4v) is 2.39. The molecule has 1 heterocycles. The maximum atomic E-state index is 12.0. The Bertz CT molecular complexity index is 694. The summed E-state index contributed by atoms with van der Waals surface area (Å²) in [6, 6.07) is 7.03. The van der Waals surface area contributed by atoms with Gasteiger partial charge in [-0.25, -0.2) is 4.98 Å². The molecule has 0 bridgehead atoms. The fourth-order valence-electron chi connectivity index (χ4n) is 1.85. The molecule has 1 aromatic carbocycles. The number of amides is 2. The summed E-state index contributed by atoms with van der Waals surface area (Å²) in [6.45, 7) is 0. The van der Waals surface area contributed by atoms with Gasteiger partial charge in [0.25, 0.3) is 5.91 Å². The molecule has 21 heavy (non-hydrogen) atoms. The average molecular weight is 302 g/mol. The van der Waals surface area contributed by atoms with Crippen molar-refractivity contribution in [2.24, 2.45) is 5.92 Å². The van der Waals surface area contributed by atoms with Gasteiger partial charge in [-0.1, -0.05) is 6.07 Å². The number of anilines is 3. The Labute approximate surface area is 125 Å². The molecule has 0 aliphatic heterocycles. The largest absolute Gasteiger partial charge is 0.375 e. The summed E-state index contributed by atoms with van der Waals surface area (Å²) in [5.74, 6) is -0.152. The number of hydrogen-bond donors (Lipinski definition) is 3. The van der Waals surface area contributed by atoms with E-state index in [1.807, 2.05) is 0 Å². The van der Waals surface area contributed by atoms with Crippen molar-refractivity contribution in [3.8, 4) is 0 Å². The number of nitrogens with two attached hydrogens (primary N) is 1. The molecule has 3 rings (SSSR count). The molecule has 2 amide bonds. The Balaban J connectivity index is 1.67. The first kappa shape index (κ1) is 13.6.